The molecule has 92 valence electrons. The first kappa shape index (κ1) is 12.6. The molecule has 0 unspecified atom stereocenters. The quantitative estimate of drug-likeness (QED) is 0.819. The van der Waals surface area contributed by atoms with Gasteiger partial charge in [-0.1, -0.05) is 27.7 Å². The van der Waals surface area contributed by atoms with Crippen LogP contribution in [0.15, 0.2) is 22.8 Å². The molecule has 2 nitrogen and oxygen atoms in total. The van der Waals surface area contributed by atoms with Crippen LogP contribution in [-0.4, -0.2) is 9.38 Å². The number of hydrogen-bond acceptors (Lipinski definition) is 1. The van der Waals surface area contributed by atoms with Crippen LogP contribution in [0.3, 0.4) is 0 Å². The van der Waals surface area contributed by atoms with Crippen LogP contribution in [0.5, 0.6) is 0 Å². The summed E-state index contributed by atoms with van der Waals surface area (Å²) in [5.74, 6) is 1.13. The van der Waals surface area contributed by atoms with Crippen LogP contribution in [0, 0.1) is 5.92 Å². The Kier molecular flexibility index (Phi) is 3.57. The maximum Gasteiger partial charge on any atom is 0.151 e. The number of nitrogens with zero attached hydrogens (tertiary/aromatic N) is 2. The average Bonchev–Trinajstić information content (AvgIpc) is 2.56. The molecule has 0 aliphatic heterocycles. The molecule has 0 spiro atoms. The Morgan fingerprint density at radius 2 is 2.00 bits per heavy atom. The molecule has 0 aliphatic rings. The average molecular weight is 295 g/mol. The standard InChI is InChI=1S/C14H19BrN2/c1-9(2)8-12-13(10(3)4)17-7-5-6-11(15)14(17)16-12/h5-7,9-10H,8H2,1-4H3. The van der Waals surface area contributed by atoms with Gasteiger partial charge in [-0.05, 0) is 46.3 Å². The monoisotopic (exact) mass is 294 g/mol. The highest BCUT2D eigenvalue weighted by atomic mass is 79.9. The van der Waals surface area contributed by atoms with Crippen LogP contribution in [0.25, 0.3) is 5.65 Å². The third kappa shape index (κ3) is 2.39. The summed E-state index contributed by atoms with van der Waals surface area (Å²) in [4.78, 5) is 4.79. The molecule has 2 aromatic heterocycles. The molecule has 0 amide bonds. The topological polar surface area (TPSA) is 17.3 Å². The summed E-state index contributed by atoms with van der Waals surface area (Å²) in [6.45, 7) is 8.94. The van der Waals surface area contributed by atoms with Crippen molar-refractivity contribution in [2.24, 2.45) is 5.92 Å². The van der Waals surface area contributed by atoms with Crippen molar-refractivity contribution in [3.8, 4) is 0 Å². The van der Waals surface area contributed by atoms with Crippen molar-refractivity contribution in [2.75, 3.05) is 0 Å². The Hall–Kier alpha value is -0.830. The highest BCUT2D eigenvalue weighted by Crippen LogP contribution is 2.27. The minimum absolute atomic E-state index is 0.494. The van der Waals surface area contributed by atoms with Gasteiger partial charge in [-0.15, -0.1) is 0 Å². The van der Waals surface area contributed by atoms with Gasteiger partial charge in [0.15, 0.2) is 5.65 Å². The second-order valence-electron chi connectivity index (χ2n) is 5.25. The van der Waals surface area contributed by atoms with Crippen LogP contribution in [0.1, 0.15) is 45.0 Å². The third-order valence-corrected chi connectivity index (χ3v) is 3.48. The van der Waals surface area contributed by atoms with Gasteiger partial charge in [-0.3, -0.25) is 0 Å². The highest BCUT2D eigenvalue weighted by molar-refractivity contribution is 9.10. The Balaban J connectivity index is 2.66. The zero-order valence-corrected chi connectivity index (χ0v) is 12.5. The van der Waals surface area contributed by atoms with E-state index in [9.17, 15) is 0 Å². The lowest BCUT2D eigenvalue weighted by Crippen LogP contribution is -2.02. The van der Waals surface area contributed by atoms with Gasteiger partial charge in [0.1, 0.15) is 0 Å². The Morgan fingerprint density at radius 3 is 2.59 bits per heavy atom. The number of halogens is 1. The van der Waals surface area contributed by atoms with Gasteiger partial charge in [0, 0.05) is 11.9 Å². The number of imidazole rings is 1. The fraction of sp³-hybridized carbons (Fsp3) is 0.500. The molecule has 0 atom stereocenters. The van der Waals surface area contributed by atoms with Crippen molar-refractivity contribution in [3.05, 3.63) is 34.2 Å². The number of rotatable bonds is 3. The van der Waals surface area contributed by atoms with Gasteiger partial charge in [0.05, 0.1) is 10.2 Å². The predicted molar refractivity (Wildman–Crippen MR) is 75.5 cm³/mol. The molecule has 0 N–H and O–H groups in total. The maximum atomic E-state index is 4.79. The lowest BCUT2D eigenvalue weighted by molar-refractivity contribution is 0.626. The third-order valence-electron chi connectivity index (χ3n) is 2.86. The molecular formula is C14H19BrN2. The van der Waals surface area contributed by atoms with E-state index >= 15 is 0 Å². The molecule has 3 heteroatoms. The largest absolute Gasteiger partial charge is 0.303 e. The summed E-state index contributed by atoms with van der Waals surface area (Å²) in [7, 11) is 0. The Labute approximate surface area is 111 Å². The second-order valence-corrected chi connectivity index (χ2v) is 6.10. The summed E-state index contributed by atoms with van der Waals surface area (Å²) < 4.78 is 3.28. The van der Waals surface area contributed by atoms with Crippen LogP contribution < -0.4 is 0 Å². The number of fused-ring (bicyclic) bond motifs is 1. The van der Waals surface area contributed by atoms with E-state index in [0.29, 0.717) is 11.8 Å². The number of hydrogen-bond donors (Lipinski definition) is 0. The zero-order chi connectivity index (χ0) is 12.6. The summed E-state index contributed by atoms with van der Waals surface area (Å²) >= 11 is 3.58. The van der Waals surface area contributed by atoms with E-state index in [1.54, 1.807) is 0 Å². The van der Waals surface area contributed by atoms with E-state index in [2.05, 4.69) is 60.3 Å². The maximum absolute atomic E-state index is 4.79. The first-order chi connectivity index (χ1) is 8.00. The van der Waals surface area contributed by atoms with Crippen molar-refractivity contribution in [1.82, 2.24) is 9.38 Å². The van der Waals surface area contributed by atoms with E-state index in [4.69, 9.17) is 4.98 Å². The molecule has 0 fully saturated rings. The highest BCUT2D eigenvalue weighted by Gasteiger charge is 2.17. The normalized spacial score (nSPS) is 11.9. The molecule has 0 aliphatic carbocycles. The van der Waals surface area contributed by atoms with E-state index in [1.165, 1.54) is 11.4 Å². The van der Waals surface area contributed by atoms with Crippen LogP contribution in [0.2, 0.25) is 0 Å². The molecule has 0 radical (unpaired) electrons. The Bertz CT molecular complexity index is 526. The van der Waals surface area contributed by atoms with Gasteiger partial charge in [0.2, 0.25) is 0 Å². The van der Waals surface area contributed by atoms with E-state index in [-0.39, 0.29) is 0 Å². The Morgan fingerprint density at radius 1 is 1.29 bits per heavy atom. The van der Waals surface area contributed by atoms with Gasteiger partial charge >= 0.3 is 0 Å². The van der Waals surface area contributed by atoms with Crippen molar-refractivity contribution < 1.29 is 0 Å². The van der Waals surface area contributed by atoms with Gasteiger partial charge in [-0.25, -0.2) is 4.98 Å². The van der Waals surface area contributed by atoms with E-state index in [0.717, 1.165) is 16.5 Å². The fourth-order valence-electron chi connectivity index (χ4n) is 2.25. The smallest absolute Gasteiger partial charge is 0.151 e. The minimum atomic E-state index is 0.494. The zero-order valence-electron chi connectivity index (χ0n) is 10.9. The molecule has 0 saturated carbocycles. The summed E-state index contributed by atoms with van der Waals surface area (Å²) in [6, 6.07) is 4.11. The van der Waals surface area contributed by atoms with Gasteiger partial charge < -0.3 is 4.40 Å². The lowest BCUT2D eigenvalue weighted by atomic mass is 10.0. The molecule has 2 rings (SSSR count). The van der Waals surface area contributed by atoms with E-state index < -0.39 is 0 Å². The first-order valence-corrected chi connectivity index (χ1v) is 6.95. The molecule has 0 bridgehead atoms. The molecule has 2 aromatic rings. The minimum Gasteiger partial charge on any atom is -0.303 e. The van der Waals surface area contributed by atoms with Crippen LogP contribution in [0.4, 0.5) is 0 Å². The second kappa shape index (κ2) is 4.81. The van der Waals surface area contributed by atoms with E-state index in [1.807, 2.05) is 6.07 Å². The van der Waals surface area contributed by atoms with Crippen molar-refractivity contribution in [3.63, 3.8) is 0 Å². The molecule has 0 saturated heterocycles. The van der Waals surface area contributed by atoms with Crippen LogP contribution in [-0.2, 0) is 6.42 Å². The predicted octanol–water partition coefficient (Wildman–Crippen LogP) is 4.42. The van der Waals surface area contributed by atoms with Crippen molar-refractivity contribution >= 4 is 21.6 Å². The summed E-state index contributed by atoms with van der Waals surface area (Å²) in [5, 5.41) is 0. The van der Waals surface area contributed by atoms with Gasteiger partial charge in [0.25, 0.3) is 0 Å². The van der Waals surface area contributed by atoms with Gasteiger partial charge in [-0.2, -0.15) is 0 Å². The fourth-order valence-corrected chi connectivity index (χ4v) is 2.68. The van der Waals surface area contributed by atoms with Crippen molar-refractivity contribution in [2.45, 2.75) is 40.0 Å². The summed E-state index contributed by atoms with van der Waals surface area (Å²) in [5.41, 5.74) is 3.61. The number of aromatic nitrogens is 2. The lowest BCUT2D eigenvalue weighted by Gasteiger charge is -2.09. The molecule has 2 heterocycles. The molecular weight excluding hydrogens is 276 g/mol. The molecule has 17 heavy (non-hydrogen) atoms. The summed E-state index contributed by atoms with van der Waals surface area (Å²) in [6.07, 6.45) is 3.15. The first-order valence-electron chi connectivity index (χ1n) is 6.16. The number of pyridine rings is 1. The SMILES string of the molecule is CC(C)Cc1nc2c(Br)cccn2c1C(C)C. The molecule has 0 aromatic carbocycles. The van der Waals surface area contributed by atoms with Crippen molar-refractivity contribution in [1.29, 1.82) is 0 Å². The van der Waals surface area contributed by atoms with Crippen LogP contribution >= 0.6 is 15.9 Å².